The van der Waals surface area contributed by atoms with Gasteiger partial charge in [-0.1, -0.05) is 107 Å². The lowest BCUT2D eigenvalue weighted by atomic mass is 9.96. The Morgan fingerprint density at radius 3 is 1.74 bits per heavy atom. The van der Waals surface area contributed by atoms with E-state index in [-0.39, 0.29) is 25.0 Å². The molecular formula is C45H60N8O9. The zero-order valence-corrected chi connectivity index (χ0v) is 35.7. The first-order chi connectivity index (χ1) is 29.5. The highest BCUT2D eigenvalue weighted by molar-refractivity contribution is 5.98. The molecule has 4 rings (SSSR count). The fourth-order valence-electron chi connectivity index (χ4n) is 6.83. The van der Waals surface area contributed by atoms with Crippen LogP contribution in [0.1, 0.15) is 57.7 Å². The number of phenols is 1. The summed E-state index contributed by atoms with van der Waals surface area (Å²) in [6.45, 7) is 7.65. The monoisotopic (exact) mass is 856 g/mol. The van der Waals surface area contributed by atoms with E-state index in [1.165, 1.54) is 31.2 Å². The third kappa shape index (κ3) is 14.1. The molecule has 334 valence electrons. The second kappa shape index (κ2) is 23.0. The van der Waals surface area contributed by atoms with Crippen molar-refractivity contribution in [3.8, 4) is 5.75 Å². The van der Waals surface area contributed by atoms with Gasteiger partial charge in [-0.25, -0.2) is 0 Å². The number of nitrogens with two attached hydrogens (primary N) is 1. The second-order valence-electron chi connectivity index (χ2n) is 16.1. The summed E-state index contributed by atoms with van der Waals surface area (Å²) < 4.78 is 0. The number of aliphatic hydroxyl groups is 1. The van der Waals surface area contributed by atoms with E-state index in [9.17, 15) is 43.8 Å². The molecule has 0 aliphatic carbocycles. The van der Waals surface area contributed by atoms with Crippen LogP contribution in [-0.4, -0.2) is 107 Å². The van der Waals surface area contributed by atoms with Crippen LogP contribution in [0.15, 0.2) is 84.9 Å². The second-order valence-corrected chi connectivity index (χ2v) is 16.1. The highest BCUT2D eigenvalue weighted by Gasteiger charge is 2.37. The van der Waals surface area contributed by atoms with Gasteiger partial charge >= 0.3 is 0 Å². The molecule has 17 nitrogen and oxygen atoms in total. The maximum absolute atomic E-state index is 14.3. The molecule has 0 aromatic heterocycles. The predicted octanol–water partition coefficient (Wildman–Crippen LogP) is -0.131. The van der Waals surface area contributed by atoms with Crippen LogP contribution < -0.4 is 43.0 Å². The minimum atomic E-state index is -1.58. The van der Waals surface area contributed by atoms with E-state index in [0.717, 1.165) is 5.56 Å². The first kappa shape index (κ1) is 48.3. The van der Waals surface area contributed by atoms with Gasteiger partial charge in [-0.15, -0.1) is 0 Å². The zero-order chi connectivity index (χ0) is 45.5. The molecule has 0 bridgehead atoms. The number of carbonyl (C=O) groups excluding carboxylic acids is 7. The van der Waals surface area contributed by atoms with E-state index < -0.39 is 108 Å². The predicted molar refractivity (Wildman–Crippen MR) is 231 cm³/mol. The van der Waals surface area contributed by atoms with Gasteiger partial charge in [-0.2, -0.15) is 0 Å². The summed E-state index contributed by atoms with van der Waals surface area (Å²) in [5, 5.41) is 39.2. The molecule has 1 saturated heterocycles. The van der Waals surface area contributed by atoms with Crippen molar-refractivity contribution in [1.29, 1.82) is 0 Å². The summed E-state index contributed by atoms with van der Waals surface area (Å²) in [5.74, 6) is -6.58. The topological polar surface area (TPSA) is 270 Å². The van der Waals surface area contributed by atoms with Gasteiger partial charge in [0.05, 0.1) is 12.1 Å². The lowest BCUT2D eigenvalue weighted by Crippen LogP contribution is -2.64. The van der Waals surface area contributed by atoms with Crippen LogP contribution in [-0.2, 0) is 52.8 Å². The third-order valence-electron chi connectivity index (χ3n) is 10.8. The van der Waals surface area contributed by atoms with Gasteiger partial charge < -0.3 is 53.2 Å². The van der Waals surface area contributed by atoms with Crippen molar-refractivity contribution in [2.45, 2.75) is 109 Å². The Labute approximate surface area is 361 Å². The van der Waals surface area contributed by atoms with Crippen molar-refractivity contribution in [1.82, 2.24) is 37.2 Å². The molecule has 1 heterocycles. The minimum absolute atomic E-state index is 0.0321. The van der Waals surface area contributed by atoms with Crippen molar-refractivity contribution in [2.75, 3.05) is 6.54 Å². The molecular weight excluding hydrogens is 797 g/mol. The third-order valence-corrected chi connectivity index (χ3v) is 10.8. The Hall–Kier alpha value is -6.33. The fraction of sp³-hybridized carbons (Fsp3) is 0.444. The first-order valence-electron chi connectivity index (χ1n) is 20.9. The molecule has 1 aliphatic heterocycles. The van der Waals surface area contributed by atoms with Crippen molar-refractivity contribution in [3.05, 3.63) is 102 Å². The number of aromatic hydroxyl groups is 1. The Balaban J connectivity index is 1.72. The average molecular weight is 857 g/mol. The molecule has 17 heteroatoms. The Morgan fingerprint density at radius 2 is 1.19 bits per heavy atom. The maximum Gasteiger partial charge on any atom is 0.245 e. The first-order valence-corrected chi connectivity index (χ1v) is 20.9. The Morgan fingerprint density at radius 1 is 0.677 bits per heavy atom. The van der Waals surface area contributed by atoms with Crippen LogP contribution in [0.5, 0.6) is 5.75 Å². The minimum Gasteiger partial charge on any atom is -0.508 e. The molecule has 0 unspecified atom stereocenters. The molecule has 0 radical (unpaired) electrons. The number of phenolic OH excluding ortho intramolecular Hbond substituents is 1. The summed E-state index contributed by atoms with van der Waals surface area (Å²) in [6, 6.07) is 14.5. The number of aliphatic hydroxyl groups excluding tert-OH is 1. The van der Waals surface area contributed by atoms with Crippen LogP contribution in [0.25, 0.3) is 0 Å². The largest absolute Gasteiger partial charge is 0.508 e. The standard InChI is InChI=1S/C45H60N8O9/c1-6-26(4)37-44(61)49-34(22-29-15-11-8-12-16-29)41(58)53-38(27(5)54)45(62)48-33(23-30-17-19-31(55)20-18-30)40(57)47-24-35(42(59)52-37)50-43(60)36(25(2)3)51-39(56)32(46)21-28-13-9-7-10-14-28/h7-20,25-27,32-38,54-55H,6,21-24,46H2,1-5H3,(H,47,57)(H,48,62)(H,49,61)(H,50,60)(H,51,56)(H,52,59)(H,53,58)/t26-,27+,32-,33+,34-,35+,36-,37-,38-/m0/s1. The van der Waals surface area contributed by atoms with Crippen molar-refractivity contribution in [3.63, 3.8) is 0 Å². The van der Waals surface area contributed by atoms with Gasteiger partial charge in [-0.05, 0) is 54.0 Å². The van der Waals surface area contributed by atoms with E-state index >= 15 is 0 Å². The molecule has 62 heavy (non-hydrogen) atoms. The number of benzene rings is 3. The van der Waals surface area contributed by atoms with Crippen LogP contribution in [0.2, 0.25) is 0 Å². The zero-order valence-electron chi connectivity index (χ0n) is 35.7. The average Bonchev–Trinajstić information content (AvgIpc) is 3.24. The van der Waals surface area contributed by atoms with E-state index in [1.807, 2.05) is 30.3 Å². The molecule has 1 aliphatic rings. The number of hydrogen-bond donors (Lipinski definition) is 10. The number of carbonyl (C=O) groups is 7. The van der Waals surface area contributed by atoms with Gasteiger partial charge in [0.1, 0.15) is 42.0 Å². The van der Waals surface area contributed by atoms with Crippen molar-refractivity contribution >= 4 is 41.4 Å². The number of nitrogens with one attached hydrogen (secondary N) is 7. The van der Waals surface area contributed by atoms with Crippen LogP contribution in [0.4, 0.5) is 0 Å². The van der Waals surface area contributed by atoms with Gasteiger partial charge in [0.25, 0.3) is 0 Å². The van der Waals surface area contributed by atoms with Gasteiger partial charge in [0.2, 0.25) is 41.4 Å². The number of amides is 7. The summed E-state index contributed by atoms with van der Waals surface area (Å²) >= 11 is 0. The highest BCUT2D eigenvalue weighted by atomic mass is 16.3. The smallest absolute Gasteiger partial charge is 0.245 e. The van der Waals surface area contributed by atoms with Crippen LogP contribution in [0, 0.1) is 11.8 Å². The van der Waals surface area contributed by atoms with E-state index in [0.29, 0.717) is 17.5 Å². The highest BCUT2D eigenvalue weighted by Crippen LogP contribution is 2.14. The molecule has 7 amide bonds. The summed E-state index contributed by atoms with van der Waals surface area (Å²) in [5.41, 5.74) is 8.21. The molecule has 1 fully saturated rings. The molecule has 11 N–H and O–H groups in total. The SMILES string of the molecule is CC[C@H](C)[C@@H]1NC(=O)[C@H](NC(=O)[C@@H](NC(=O)[C@@H](N)Cc2ccccc2)C(C)C)CNC(=O)[C@@H](Cc2ccc(O)cc2)NC(=O)[C@H]([C@@H](C)O)NC(=O)[C@H](Cc2ccccc2)NC1=O. The fourth-order valence-corrected chi connectivity index (χ4v) is 6.83. The Bertz CT molecular complexity index is 2000. The lowest BCUT2D eigenvalue weighted by molar-refractivity contribution is -0.138. The number of rotatable bonds is 14. The van der Waals surface area contributed by atoms with E-state index in [1.54, 1.807) is 58.0 Å². The van der Waals surface area contributed by atoms with Gasteiger partial charge in [-0.3, -0.25) is 33.6 Å². The quantitative estimate of drug-likeness (QED) is 0.103. The van der Waals surface area contributed by atoms with E-state index in [2.05, 4.69) is 37.2 Å². The summed E-state index contributed by atoms with van der Waals surface area (Å²) in [4.78, 5) is 97.7. The molecule has 3 aromatic rings. The molecule has 3 aromatic carbocycles. The normalized spacial score (nSPS) is 22.4. The van der Waals surface area contributed by atoms with Crippen LogP contribution >= 0.6 is 0 Å². The maximum atomic E-state index is 14.3. The Kier molecular flexibility index (Phi) is 18.0. The van der Waals surface area contributed by atoms with Crippen LogP contribution in [0.3, 0.4) is 0 Å². The van der Waals surface area contributed by atoms with Crippen molar-refractivity contribution in [2.24, 2.45) is 17.6 Å². The lowest BCUT2D eigenvalue weighted by Gasteiger charge is -2.31. The van der Waals surface area contributed by atoms with Crippen molar-refractivity contribution < 1.29 is 43.8 Å². The summed E-state index contributed by atoms with van der Waals surface area (Å²) in [7, 11) is 0. The molecule has 9 atom stereocenters. The summed E-state index contributed by atoms with van der Waals surface area (Å²) in [6.07, 6.45) is -1.03. The van der Waals surface area contributed by atoms with Gasteiger partial charge in [0, 0.05) is 19.4 Å². The molecule has 0 saturated carbocycles. The number of hydrogen-bond acceptors (Lipinski definition) is 10. The van der Waals surface area contributed by atoms with Gasteiger partial charge in [0.15, 0.2) is 0 Å². The van der Waals surface area contributed by atoms with E-state index in [4.69, 9.17) is 5.73 Å². The molecule has 0 spiro atoms.